The Balaban J connectivity index is 1.42. The fourth-order valence-electron chi connectivity index (χ4n) is 4.29. The Bertz CT molecular complexity index is 777. The molecule has 1 saturated carbocycles. The molecule has 1 aromatic heterocycles. The predicted molar refractivity (Wildman–Crippen MR) is 125 cm³/mol. The molecule has 0 amide bonds. The van der Waals surface area contributed by atoms with Crippen LogP contribution in [0, 0.1) is 11.8 Å². The molecule has 0 N–H and O–H groups in total. The van der Waals surface area contributed by atoms with Crippen molar-refractivity contribution in [3.8, 4) is 11.5 Å². The van der Waals surface area contributed by atoms with Gasteiger partial charge in [-0.25, -0.2) is 4.79 Å². The van der Waals surface area contributed by atoms with Gasteiger partial charge in [0.1, 0.15) is 11.5 Å². The maximum Gasteiger partial charge on any atom is 0.343 e. The molecular formula is C27H37NO3. The number of carbonyl (C=O) groups excluding carboxylic acids is 1. The zero-order chi connectivity index (χ0) is 21.9. The van der Waals surface area contributed by atoms with Gasteiger partial charge in [-0.3, -0.25) is 4.98 Å². The van der Waals surface area contributed by atoms with Crippen molar-refractivity contribution in [2.45, 2.75) is 78.1 Å². The van der Waals surface area contributed by atoms with Gasteiger partial charge in [0.15, 0.2) is 0 Å². The van der Waals surface area contributed by atoms with E-state index >= 15 is 0 Å². The van der Waals surface area contributed by atoms with Crippen molar-refractivity contribution in [2.75, 3.05) is 6.61 Å². The predicted octanol–water partition coefficient (Wildman–Crippen LogP) is 7.02. The third-order valence-electron chi connectivity index (χ3n) is 6.47. The van der Waals surface area contributed by atoms with Crippen molar-refractivity contribution in [1.82, 2.24) is 4.98 Å². The van der Waals surface area contributed by atoms with Gasteiger partial charge >= 0.3 is 5.97 Å². The molecule has 168 valence electrons. The van der Waals surface area contributed by atoms with Gasteiger partial charge in [0.05, 0.1) is 18.4 Å². The van der Waals surface area contributed by atoms with Gasteiger partial charge in [-0.15, -0.1) is 0 Å². The van der Waals surface area contributed by atoms with Crippen molar-refractivity contribution >= 4 is 5.97 Å². The summed E-state index contributed by atoms with van der Waals surface area (Å²) < 4.78 is 11.2. The second-order valence-electron chi connectivity index (χ2n) is 8.79. The molecule has 4 heteroatoms. The van der Waals surface area contributed by atoms with Crippen molar-refractivity contribution in [3.05, 3.63) is 53.9 Å². The summed E-state index contributed by atoms with van der Waals surface area (Å²) in [6, 6.07) is 10.9. The van der Waals surface area contributed by atoms with E-state index < -0.39 is 0 Å². The summed E-state index contributed by atoms with van der Waals surface area (Å²) >= 11 is 0. The van der Waals surface area contributed by atoms with Crippen LogP contribution in [-0.2, 0) is 6.42 Å². The van der Waals surface area contributed by atoms with Crippen LogP contribution in [0.3, 0.4) is 0 Å². The first-order chi connectivity index (χ1) is 15.2. The Kier molecular flexibility index (Phi) is 9.39. The minimum absolute atomic E-state index is 0.375. The number of nitrogens with zero attached hydrogens (tertiary/aromatic N) is 1. The highest BCUT2D eigenvalue weighted by Gasteiger charge is 2.19. The van der Waals surface area contributed by atoms with Crippen LogP contribution < -0.4 is 9.47 Å². The Morgan fingerprint density at radius 2 is 1.65 bits per heavy atom. The molecule has 1 heterocycles. The lowest BCUT2D eigenvalue weighted by molar-refractivity contribution is 0.0734. The fraction of sp³-hybridized carbons (Fsp3) is 0.556. The summed E-state index contributed by atoms with van der Waals surface area (Å²) in [7, 11) is 0. The standard InChI is InChI=1S/C27H37NO3/c1-3-5-6-19-30-25-16-12-23(13-17-25)27(29)31-26-18-15-24(28-20-26)14-11-22-9-7-21(4-2)8-10-22/h12-13,15-18,20-22H,3-11,14,19H2,1-2H3. The molecule has 2 aromatic rings. The molecule has 4 nitrogen and oxygen atoms in total. The highest BCUT2D eigenvalue weighted by atomic mass is 16.5. The highest BCUT2D eigenvalue weighted by Crippen LogP contribution is 2.33. The molecule has 1 aromatic carbocycles. The molecule has 0 saturated heterocycles. The lowest BCUT2D eigenvalue weighted by atomic mass is 9.79. The number of unbranched alkanes of at least 4 members (excludes halogenated alkanes) is 2. The van der Waals surface area contributed by atoms with E-state index in [-0.39, 0.29) is 5.97 Å². The van der Waals surface area contributed by atoms with Crippen LogP contribution >= 0.6 is 0 Å². The maximum absolute atomic E-state index is 12.4. The van der Waals surface area contributed by atoms with Gasteiger partial charge in [0.2, 0.25) is 0 Å². The third-order valence-corrected chi connectivity index (χ3v) is 6.47. The fourth-order valence-corrected chi connectivity index (χ4v) is 4.29. The average Bonchev–Trinajstić information content (AvgIpc) is 2.82. The van der Waals surface area contributed by atoms with E-state index in [0.29, 0.717) is 17.9 Å². The van der Waals surface area contributed by atoms with Gasteiger partial charge in [-0.1, -0.05) is 58.8 Å². The molecule has 0 aliphatic heterocycles. The van der Waals surface area contributed by atoms with Gasteiger partial charge < -0.3 is 9.47 Å². The number of benzene rings is 1. The first kappa shape index (κ1) is 23.3. The molecule has 1 aliphatic rings. The molecule has 3 rings (SSSR count). The second kappa shape index (κ2) is 12.5. The van der Waals surface area contributed by atoms with E-state index in [2.05, 4.69) is 18.8 Å². The van der Waals surface area contributed by atoms with Gasteiger partial charge in [-0.05, 0) is 67.5 Å². The average molecular weight is 424 g/mol. The van der Waals surface area contributed by atoms with Gasteiger partial charge in [0.25, 0.3) is 0 Å². The van der Waals surface area contributed by atoms with Crippen LogP contribution in [0.1, 0.15) is 87.7 Å². The molecule has 1 aliphatic carbocycles. The van der Waals surface area contributed by atoms with Crippen molar-refractivity contribution in [2.24, 2.45) is 11.8 Å². The Morgan fingerprint density at radius 1 is 0.935 bits per heavy atom. The van der Waals surface area contributed by atoms with Crippen molar-refractivity contribution in [3.63, 3.8) is 0 Å². The summed E-state index contributed by atoms with van der Waals surface area (Å²) in [6.45, 7) is 5.18. The van der Waals surface area contributed by atoms with Gasteiger partial charge in [0, 0.05) is 5.69 Å². The molecule has 0 spiro atoms. The maximum atomic E-state index is 12.4. The molecule has 0 atom stereocenters. The smallest absolute Gasteiger partial charge is 0.343 e. The summed E-state index contributed by atoms with van der Waals surface area (Å²) in [6.07, 6.45) is 14.0. The number of ether oxygens (including phenoxy) is 2. The molecule has 0 bridgehead atoms. The van der Waals surface area contributed by atoms with E-state index in [0.717, 1.165) is 42.5 Å². The van der Waals surface area contributed by atoms with Crippen LogP contribution in [0.4, 0.5) is 0 Å². The number of pyridine rings is 1. The van der Waals surface area contributed by atoms with E-state index in [1.54, 1.807) is 18.3 Å². The van der Waals surface area contributed by atoms with Crippen LogP contribution in [0.25, 0.3) is 0 Å². The Labute approximate surface area is 187 Å². The molecule has 1 fully saturated rings. The zero-order valence-corrected chi connectivity index (χ0v) is 19.1. The Morgan fingerprint density at radius 3 is 2.29 bits per heavy atom. The minimum Gasteiger partial charge on any atom is -0.494 e. The van der Waals surface area contributed by atoms with Crippen LogP contribution in [0.15, 0.2) is 42.6 Å². The number of hydrogen-bond donors (Lipinski definition) is 0. The van der Waals surface area contributed by atoms with Crippen LogP contribution in [0.5, 0.6) is 11.5 Å². The van der Waals surface area contributed by atoms with E-state index in [1.165, 1.54) is 44.9 Å². The topological polar surface area (TPSA) is 48.4 Å². The zero-order valence-electron chi connectivity index (χ0n) is 19.1. The number of aromatic nitrogens is 1. The monoisotopic (exact) mass is 423 g/mol. The molecule has 0 radical (unpaired) electrons. The number of carbonyl (C=O) groups is 1. The van der Waals surface area contributed by atoms with Crippen LogP contribution in [-0.4, -0.2) is 17.6 Å². The van der Waals surface area contributed by atoms with Crippen molar-refractivity contribution in [1.29, 1.82) is 0 Å². The van der Waals surface area contributed by atoms with Crippen LogP contribution in [0.2, 0.25) is 0 Å². The first-order valence-electron chi connectivity index (χ1n) is 12.1. The van der Waals surface area contributed by atoms with Gasteiger partial charge in [-0.2, -0.15) is 0 Å². The Hall–Kier alpha value is -2.36. The molecule has 0 unspecified atom stereocenters. The number of esters is 1. The summed E-state index contributed by atoms with van der Waals surface area (Å²) in [5.41, 5.74) is 1.58. The summed E-state index contributed by atoms with van der Waals surface area (Å²) in [4.78, 5) is 16.9. The van der Waals surface area contributed by atoms with E-state index in [1.807, 2.05) is 24.3 Å². The number of aryl methyl sites for hydroxylation is 1. The molecular weight excluding hydrogens is 386 g/mol. The molecule has 31 heavy (non-hydrogen) atoms. The normalized spacial score (nSPS) is 18.5. The quantitative estimate of drug-likeness (QED) is 0.288. The number of rotatable bonds is 11. The van der Waals surface area contributed by atoms with E-state index in [4.69, 9.17) is 9.47 Å². The summed E-state index contributed by atoms with van der Waals surface area (Å²) in [5, 5.41) is 0. The highest BCUT2D eigenvalue weighted by molar-refractivity contribution is 5.91. The number of hydrogen-bond acceptors (Lipinski definition) is 4. The van der Waals surface area contributed by atoms with E-state index in [9.17, 15) is 4.79 Å². The largest absolute Gasteiger partial charge is 0.494 e. The SMILES string of the molecule is CCCCCOc1ccc(C(=O)Oc2ccc(CCC3CCC(CC)CC3)nc2)cc1. The third kappa shape index (κ3) is 7.68. The first-order valence-corrected chi connectivity index (χ1v) is 12.1. The summed E-state index contributed by atoms with van der Waals surface area (Å²) in [5.74, 6) is 2.66. The lowest BCUT2D eigenvalue weighted by Crippen LogP contribution is -2.14. The lowest BCUT2D eigenvalue weighted by Gasteiger charge is -2.27. The van der Waals surface area contributed by atoms with Crippen molar-refractivity contribution < 1.29 is 14.3 Å². The second-order valence-corrected chi connectivity index (χ2v) is 8.79. The minimum atomic E-state index is -0.375.